The SMILES string of the molecule is Cc1sc(CN=C(N)N(C)C)nc1-c1ccc(Cl)cc1. The zero-order chi connectivity index (χ0) is 14.7. The molecule has 1 aromatic heterocycles. The molecule has 0 aliphatic rings. The number of aryl methyl sites for hydroxylation is 1. The molecule has 0 radical (unpaired) electrons. The third kappa shape index (κ3) is 3.49. The van der Waals surface area contributed by atoms with Gasteiger partial charge in [0.1, 0.15) is 5.01 Å². The van der Waals surface area contributed by atoms with Gasteiger partial charge in [0, 0.05) is 29.6 Å². The number of guanidine groups is 1. The lowest BCUT2D eigenvalue weighted by molar-refractivity contribution is 0.609. The lowest BCUT2D eigenvalue weighted by Gasteiger charge is -2.09. The Morgan fingerprint density at radius 1 is 1.35 bits per heavy atom. The Bertz CT molecular complexity index is 617. The van der Waals surface area contributed by atoms with Crippen LogP contribution >= 0.6 is 22.9 Å². The van der Waals surface area contributed by atoms with E-state index in [1.807, 2.05) is 38.4 Å². The van der Waals surface area contributed by atoms with Crippen molar-refractivity contribution in [2.24, 2.45) is 10.7 Å². The van der Waals surface area contributed by atoms with Crippen LogP contribution in [0.4, 0.5) is 0 Å². The van der Waals surface area contributed by atoms with Gasteiger partial charge in [-0.05, 0) is 19.1 Å². The molecule has 0 aliphatic carbocycles. The quantitative estimate of drug-likeness (QED) is 0.700. The molecule has 0 unspecified atom stereocenters. The third-order valence-electron chi connectivity index (χ3n) is 2.79. The van der Waals surface area contributed by atoms with Gasteiger partial charge in [0.05, 0.1) is 12.2 Å². The second kappa shape index (κ2) is 6.24. The Balaban J connectivity index is 2.22. The van der Waals surface area contributed by atoms with Gasteiger partial charge in [-0.1, -0.05) is 23.7 Å². The van der Waals surface area contributed by atoms with Gasteiger partial charge >= 0.3 is 0 Å². The normalized spacial score (nSPS) is 11.7. The van der Waals surface area contributed by atoms with Gasteiger partial charge in [0.15, 0.2) is 5.96 Å². The van der Waals surface area contributed by atoms with Crippen molar-refractivity contribution < 1.29 is 0 Å². The molecule has 0 spiro atoms. The van der Waals surface area contributed by atoms with Crippen molar-refractivity contribution in [3.63, 3.8) is 0 Å². The Morgan fingerprint density at radius 3 is 2.60 bits per heavy atom. The first-order chi connectivity index (χ1) is 9.47. The van der Waals surface area contributed by atoms with E-state index < -0.39 is 0 Å². The van der Waals surface area contributed by atoms with E-state index >= 15 is 0 Å². The van der Waals surface area contributed by atoms with E-state index in [4.69, 9.17) is 17.3 Å². The van der Waals surface area contributed by atoms with Crippen LogP contribution < -0.4 is 5.73 Å². The fourth-order valence-electron chi connectivity index (χ4n) is 1.68. The number of hydrogen-bond acceptors (Lipinski definition) is 3. The van der Waals surface area contributed by atoms with Gasteiger partial charge in [-0.15, -0.1) is 11.3 Å². The van der Waals surface area contributed by atoms with E-state index in [0.717, 1.165) is 21.3 Å². The molecule has 2 N–H and O–H groups in total. The predicted molar refractivity (Wildman–Crippen MR) is 86.3 cm³/mol. The molecule has 20 heavy (non-hydrogen) atoms. The van der Waals surface area contributed by atoms with Crippen LogP contribution in [-0.4, -0.2) is 29.9 Å². The summed E-state index contributed by atoms with van der Waals surface area (Å²) in [6, 6.07) is 7.70. The summed E-state index contributed by atoms with van der Waals surface area (Å²) >= 11 is 7.55. The van der Waals surface area contributed by atoms with Crippen LogP contribution in [0.2, 0.25) is 5.02 Å². The summed E-state index contributed by atoms with van der Waals surface area (Å²) in [5.41, 5.74) is 7.83. The zero-order valence-corrected chi connectivity index (χ0v) is 13.3. The zero-order valence-electron chi connectivity index (χ0n) is 11.7. The maximum atomic E-state index is 5.90. The molecule has 0 bridgehead atoms. The van der Waals surface area contributed by atoms with E-state index in [2.05, 4.69) is 16.9 Å². The molecular weight excluding hydrogens is 292 g/mol. The number of rotatable bonds is 3. The second-order valence-corrected chi connectivity index (χ2v) is 6.31. The molecule has 0 amide bonds. The van der Waals surface area contributed by atoms with Gasteiger partial charge in [-0.3, -0.25) is 0 Å². The summed E-state index contributed by atoms with van der Waals surface area (Å²) in [6.45, 7) is 2.56. The minimum Gasteiger partial charge on any atom is -0.370 e. The molecule has 2 aromatic rings. The van der Waals surface area contributed by atoms with Crippen molar-refractivity contribution in [1.82, 2.24) is 9.88 Å². The largest absolute Gasteiger partial charge is 0.370 e. The number of hydrogen-bond donors (Lipinski definition) is 1. The summed E-state index contributed by atoms with van der Waals surface area (Å²) in [4.78, 5) is 11.9. The molecule has 0 saturated carbocycles. The predicted octanol–water partition coefficient (Wildman–Crippen LogP) is 3.15. The number of nitrogens with two attached hydrogens (primary N) is 1. The van der Waals surface area contributed by atoms with Crippen LogP contribution in [0.25, 0.3) is 11.3 Å². The molecule has 6 heteroatoms. The van der Waals surface area contributed by atoms with Gasteiger partial charge in [0.25, 0.3) is 0 Å². The smallest absolute Gasteiger partial charge is 0.191 e. The molecule has 4 nitrogen and oxygen atoms in total. The lowest BCUT2D eigenvalue weighted by Crippen LogP contribution is -2.30. The van der Waals surface area contributed by atoms with Crippen LogP contribution in [-0.2, 0) is 6.54 Å². The number of aromatic nitrogens is 1. The molecule has 0 fully saturated rings. The van der Waals surface area contributed by atoms with Crippen LogP contribution in [0.1, 0.15) is 9.88 Å². The first-order valence-electron chi connectivity index (χ1n) is 6.17. The van der Waals surface area contributed by atoms with Crippen molar-refractivity contribution in [3.8, 4) is 11.3 Å². The van der Waals surface area contributed by atoms with E-state index in [9.17, 15) is 0 Å². The van der Waals surface area contributed by atoms with Crippen molar-refractivity contribution in [1.29, 1.82) is 0 Å². The topological polar surface area (TPSA) is 54.5 Å². The molecule has 106 valence electrons. The molecule has 2 rings (SSSR count). The number of aliphatic imine (C=N–C) groups is 1. The molecule has 0 saturated heterocycles. The molecule has 1 heterocycles. The first kappa shape index (κ1) is 14.8. The molecule has 0 atom stereocenters. The summed E-state index contributed by atoms with van der Waals surface area (Å²) in [5.74, 6) is 0.505. The maximum Gasteiger partial charge on any atom is 0.191 e. The average molecular weight is 309 g/mol. The first-order valence-corrected chi connectivity index (χ1v) is 7.36. The highest BCUT2D eigenvalue weighted by atomic mass is 35.5. The summed E-state index contributed by atoms with van der Waals surface area (Å²) in [7, 11) is 3.73. The third-order valence-corrected chi connectivity index (χ3v) is 4.00. The minimum atomic E-state index is 0.503. The Morgan fingerprint density at radius 2 is 2.00 bits per heavy atom. The minimum absolute atomic E-state index is 0.503. The average Bonchev–Trinajstić information content (AvgIpc) is 2.78. The van der Waals surface area contributed by atoms with Gasteiger partial charge in [-0.2, -0.15) is 0 Å². The van der Waals surface area contributed by atoms with Crippen LogP contribution in [0, 0.1) is 6.92 Å². The standard InChI is InChI=1S/C14H17ClN4S/c1-9-13(10-4-6-11(15)7-5-10)18-12(20-9)8-17-14(16)19(2)3/h4-7H,8H2,1-3H3,(H2,16,17). The lowest BCUT2D eigenvalue weighted by atomic mass is 10.1. The highest BCUT2D eigenvalue weighted by molar-refractivity contribution is 7.12. The maximum absolute atomic E-state index is 5.90. The second-order valence-electron chi connectivity index (χ2n) is 4.59. The highest BCUT2D eigenvalue weighted by Crippen LogP contribution is 2.28. The fraction of sp³-hybridized carbons (Fsp3) is 0.286. The van der Waals surface area contributed by atoms with Gasteiger partial charge < -0.3 is 10.6 Å². The summed E-state index contributed by atoms with van der Waals surface area (Å²) < 4.78 is 0. The van der Waals surface area contributed by atoms with Crippen molar-refractivity contribution in [3.05, 3.63) is 39.2 Å². The number of benzene rings is 1. The van der Waals surface area contributed by atoms with E-state index in [1.54, 1.807) is 16.2 Å². The van der Waals surface area contributed by atoms with E-state index in [-0.39, 0.29) is 0 Å². The summed E-state index contributed by atoms with van der Waals surface area (Å²) in [5, 5.41) is 1.68. The van der Waals surface area contributed by atoms with Gasteiger partial charge in [-0.25, -0.2) is 9.98 Å². The fourth-order valence-corrected chi connectivity index (χ4v) is 2.69. The van der Waals surface area contributed by atoms with Crippen molar-refractivity contribution >= 4 is 28.9 Å². The van der Waals surface area contributed by atoms with Crippen LogP contribution in [0.15, 0.2) is 29.3 Å². The Kier molecular flexibility index (Phi) is 4.62. The highest BCUT2D eigenvalue weighted by Gasteiger charge is 2.09. The molecule has 0 aliphatic heterocycles. The Labute approximate surface area is 127 Å². The van der Waals surface area contributed by atoms with Crippen molar-refractivity contribution in [2.75, 3.05) is 14.1 Å². The molecule has 1 aromatic carbocycles. The van der Waals surface area contributed by atoms with Crippen LogP contribution in [0.3, 0.4) is 0 Å². The number of halogens is 1. The molecular formula is C14H17ClN4S. The van der Waals surface area contributed by atoms with Gasteiger partial charge in [0.2, 0.25) is 0 Å². The Hall–Kier alpha value is -1.59. The van der Waals surface area contributed by atoms with E-state index in [0.29, 0.717) is 12.5 Å². The van der Waals surface area contributed by atoms with E-state index in [1.165, 1.54) is 4.88 Å². The van der Waals surface area contributed by atoms with Crippen molar-refractivity contribution in [2.45, 2.75) is 13.5 Å². The van der Waals surface area contributed by atoms with Crippen LogP contribution in [0.5, 0.6) is 0 Å². The number of thiazole rings is 1. The number of nitrogens with zero attached hydrogens (tertiary/aromatic N) is 3. The summed E-state index contributed by atoms with van der Waals surface area (Å²) in [6.07, 6.45) is 0. The monoisotopic (exact) mass is 308 g/mol.